The Hall–Kier alpha value is -0.800. The quantitative estimate of drug-likeness (QED) is 0.733. The maximum absolute atomic E-state index is 5.90. The molecule has 1 aromatic heterocycles. The number of piperidine rings is 1. The van der Waals surface area contributed by atoms with Crippen molar-refractivity contribution < 1.29 is 4.42 Å². The van der Waals surface area contributed by atoms with E-state index in [1.54, 1.807) is 0 Å². The maximum Gasteiger partial charge on any atom is 0.118 e. The average molecular weight is 278 g/mol. The van der Waals surface area contributed by atoms with Gasteiger partial charge in [0.25, 0.3) is 0 Å². The molecule has 20 heavy (non-hydrogen) atoms. The summed E-state index contributed by atoms with van der Waals surface area (Å²) in [5, 5.41) is 3.38. The lowest BCUT2D eigenvalue weighted by Gasteiger charge is -2.31. The topological polar surface area (TPSA) is 28.4 Å². The van der Waals surface area contributed by atoms with Gasteiger partial charge in [-0.25, -0.2) is 0 Å². The molecule has 1 aromatic rings. The molecule has 0 atom stereocenters. The first kappa shape index (κ1) is 15.6. The molecule has 3 nitrogen and oxygen atoms in total. The van der Waals surface area contributed by atoms with Crippen LogP contribution in [-0.2, 0) is 13.1 Å². The van der Waals surface area contributed by atoms with Crippen LogP contribution in [0.4, 0.5) is 0 Å². The zero-order valence-corrected chi connectivity index (χ0v) is 13.2. The number of hydrogen-bond donors (Lipinski definition) is 1. The van der Waals surface area contributed by atoms with Crippen LogP contribution in [0.25, 0.3) is 0 Å². The average Bonchev–Trinajstić information content (AvgIpc) is 2.89. The van der Waals surface area contributed by atoms with E-state index in [1.165, 1.54) is 45.2 Å². The van der Waals surface area contributed by atoms with Gasteiger partial charge in [0, 0.05) is 0 Å². The molecule has 0 spiro atoms. The number of likely N-dealkylation sites (tertiary alicyclic amines) is 1. The lowest BCUT2D eigenvalue weighted by atomic mass is 9.92. The third kappa shape index (κ3) is 4.95. The summed E-state index contributed by atoms with van der Waals surface area (Å²) in [5.74, 6) is 3.14. The van der Waals surface area contributed by atoms with E-state index < -0.39 is 0 Å². The van der Waals surface area contributed by atoms with E-state index in [9.17, 15) is 0 Å². The van der Waals surface area contributed by atoms with E-state index in [0.29, 0.717) is 0 Å². The lowest BCUT2D eigenvalue weighted by molar-refractivity contribution is 0.161. The molecule has 0 aliphatic carbocycles. The predicted octanol–water partition coefficient (Wildman–Crippen LogP) is 3.79. The van der Waals surface area contributed by atoms with Crippen LogP contribution in [0.15, 0.2) is 16.5 Å². The van der Waals surface area contributed by atoms with Gasteiger partial charge < -0.3 is 9.73 Å². The fraction of sp³-hybridized carbons (Fsp3) is 0.765. The molecule has 0 bridgehead atoms. The van der Waals surface area contributed by atoms with Gasteiger partial charge in [0.2, 0.25) is 0 Å². The highest BCUT2D eigenvalue weighted by Gasteiger charge is 2.19. The van der Waals surface area contributed by atoms with Gasteiger partial charge in [-0.15, -0.1) is 0 Å². The Kier molecular flexibility index (Phi) is 6.61. The van der Waals surface area contributed by atoms with Crippen LogP contribution in [0.1, 0.15) is 57.5 Å². The Balaban J connectivity index is 1.71. The van der Waals surface area contributed by atoms with Gasteiger partial charge in [-0.2, -0.15) is 0 Å². The number of furan rings is 1. The standard InChI is InChI=1S/C17H30N2O/c1-3-5-15-8-11-19(12-9-15)14-17-7-6-16(20-17)13-18-10-4-2/h6-7,15,18H,3-5,8-14H2,1-2H3. The van der Waals surface area contributed by atoms with Gasteiger partial charge in [-0.05, 0) is 56.9 Å². The smallest absolute Gasteiger partial charge is 0.118 e. The Bertz CT molecular complexity index is 367. The zero-order chi connectivity index (χ0) is 14.2. The Labute approximate surface area is 123 Å². The van der Waals surface area contributed by atoms with Crippen molar-refractivity contribution in [2.45, 2.75) is 59.0 Å². The van der Waals surface area contributed by atoms with Crippen LogP contribution in [-0.4, -0.2) is 24.5 Å². The first-order valence-corrected chi connectivity index (χ1v) is 8.32. The molecule has 2 rings (SSSR count). The predicted molar refractivity (Wildman–Crippen MR) is 83.6 cm³/mol. The highest BCUT2D eigenvalue weighted by Crippen LogP contribution is 2.23. The monoisotopic (exact) mass is 278 g/mol. The summed E-state index contributed by atoms with van der Waals surface area (Å²) in [7, 11) is 0. The molecule has 1 N–H and O–H groups in total. The molecule has 0 radical (unpaired) electrons. The lowest BCUT2D eigenvalue weighted by Crippen LogP contribution is -2.33. The Morgan fingerprint density at radius 1 is 1.15 bits per heavy atom. The molecule has 2 heterocycles. The molecule has 3 heteroatoms. The molecule has 0 amide bonds. The normalized spacial score (nSPS) is 17.7. The van der Waals surface area contributed by atoms with E-state index in [0.717, 1.165) is 37.1 Å². The minimum atomic E-state index is 0.854. The molecule has 0 unspecified atom stereocenters. The number of rotatable bonds is 8. The van der Waals surface area contributed by atoms with E-state index >= 15 is 0 Å². The Morgan fingerprint density at radius 3 is 2.60 bits per heavy atom. The maximum atomic E-state index is 5.90. The summed E-state index contributed by atoms with van der Waals surface area (Å²) < 4.78 is 5.90. The van der Waals surface area contributed by atoms with Gasteiger partial charge in [0.05, 0.1) is 13.1 Å². The minimum absolute atomic E-state index is 0.854. The fourth-order valence-electron chi connectivity index (χ4n) is 3.05. The van der Waals surface area contributed by atoms with Gasteiger partial charge in [0.15, 0.2) is 0 Å². The minimum Gasteiger partial charge on any atom is -0.463 e. The molecule has 0 saturated carbocycles. The third-order valence-electron chi connectivity index (χ3n) is 4.23. The van der Waals surface area contributed by atoms with Crippen LogP contribution in [0.2, 0.25) is 0 Å². The van der Waals surface area contributed by atoms with E-state index in [4.69, 9.17) is 4.42 Å². The first-order valence-electron chi connectivity index (χ1n) is 8.32. The van der Waals surface area contributed by atoms with E-state index in [1.807, 2.05) is 0 Å². The van der Waals surface area contributed by atoms with Crippen molar-refractivity contribution in [3.05, 3.63) is 23.7 Å². The van der Waals surface area contributed by atoms with Crippen LogP contribution in [0, 0.1) is 5.92 Å². The summed E-state index contributed by atoms with van der Waals surface area (Å²) in [4.78, 5) is 2.54. The second-order valence-corrected chi connectivity index (χ2v) is 6.05. The fourth-order valence-corrected chi connectivity index (χ4v) is 3.05. The van der Waals surface area contributed by atoms with Crippen LogP contribution < -0.4 is 5.32 Å². The third-order valence-corrected chi connectivity index (χ3v) is 4.23. The number of nitrogens with one attached hydrogen (secondary N) is 1. The summed E-state index contributed by atoms with van der Waals surface area (Å²) >= 11 is 0. The van der Waals surface area contributed by atoms with Crippen molar-refractivity contribution in [3.63, 3.8) is 0 Å². The van der Waals surface area contributed by atoms with Crippen molar-refractivity contribution in [3.8, 4) is 0 Å². The van der Waals surface area contributed by atoms with Crippen LogP contribution in [0.3, 0.4) is 0 Å². The SMILES string of the molecule is CCCNCc1ccc(CN2CCC(CCC)CC2)o1. The number of hydrogen-bond acceptors (Lipinski definition) is 3. The van der Waals surface area contributed by atoms with Crippen molar-refractivity contribution in [2.75, 3.05) is 19.6 Å². The summed E-state index contributed by atoms with van der Waals surface area (Å²) in [6, 6.07) is 4.25. The van der Waals surface area contributed by atoms with Gasteiger partial charge in [0.1, 0.15) is 11.5 Å². The van der Waals surface area contributed by atoms with Gasteiger partial charge in [-0.3, -0.25) is 4.90 Å². The highest BCUT2D eigenvalue weighted by molar-refractivity contribution is 5.07. The van der Waals surface area contributed by atoms with Crippen molar-refractivity contribution in [1.82, 2.24) is 10.2 Å². The highest BCUT2D eigenvalue weighted by atomic mass is 16.3. The summed E-state index contributed by atoms with van der Waals surface area (Å²) in [6.45, 7) is 9.83. The molecular weight excluding hydrogens is 248 g/mol. The largest absolute Gasteiger partial charge is 0.463 e. The van der Waals surface area contributed by atoms with E-state index in [-0.39, 0.29) is 0 Å². The summed E-state index contributed by atoms with van der Waals surface area (Å²) in [5.41, 5.74) is 0. The van der Waals surface area contributed by atoms with Gasteiger partial charge >= 0.3 is 0 Å². The van der Waals surface area contributed by atoms with E-state index in [2.05, 4.69) is 36.2 Å². The van der Waals surface area contributed by atoms with Crippen LogP contribution >= 0.6 is 0 Å². The molecule has 0 aromatic carbocycles. The van der Waals surface area contributed by atoms with Crippen LogP contribution in [0.5, 0.6) is 0 Å². The Morgan fingerprint density at radius 2 is 1.90 bits per heavy atom. The molecule has 1 aliphatic heterocycles. The number of nitrogens with zero attached hydrogens (tertiary/aromatic N) is 1. The molecular formula is C17H30N2O. The van der Waals surface area contributed by atoms with Crippen molar-refractivity contribution >= 4 is 0 Å². The second kappa shape index (κ2) is 8.48. The summed E-state index contributed by atoms with van der Waals surface area (Å²) in [6.07, 6.45) is 6.62. The first-order chi connectivity index (χ1) is 9.81. The zero-order valence-electron chi connectivity index (χ0n) is 13.2. The van der Waals surface area contributed by atoms with Crippen molar-refractivity contribution in [2.24, 2.45) is 5.92 Å². The molecule has 114 valence electrons. The second-order valence-electron chi connectivity index (χ2n) is 6.05. The van der Waals surface area contributed by atoms with Gasteiger partial charge in [-0.1, -0.05) is 26.7 Å². The van der Waals surface area contributed by atoms with Crippen molar-refractivity contribution in [1.29, 1.82) is 0 Å². The molecule has 1 saturated heterocycles. The molecule has 1 fully saturated rings. The molecule has 1 aliphatic rings.